The molecule has 0 heterocycles. The second-order valence-corrected chi connectivity index (χ2v) is 5.88. The number of Topliss-reactive ketones (excluding diaryl/α,β-unsaturated/α-hetero) is 1. The van der Waals surface area contributed by atoms with Crippen LogP contribution in [-0.4, -0.2) is 43.5 Å². The van der Waals surface area contributed by atoms with Crippen molar-refractivity contribution in [2.24, 2.45) is 0 Å². The summed E-state index contributed by atoms with van der Waals surface area (Å²) >= 11 is 0. The number of carbonyl (C=O) groups excluding carboxylic acids is 3. The Morgan fingerprint density at radius 3 is 2.18 bits per heavy atom. The first kappa shape index (κ1) is 21.0. The smallest absolute Gasteiger partial charge is 0.328 e. The highest BCUT2D eigenvalue weighted by molar-refractivity contribution is 5.98. The van der Waals surface area contributed by atoms with E-state index in [0.29, 0.717) is 23.7 Å². The summed E-state index contributed by atoms with van der Waals surface area (Å²) in [5, 5.41) is 2.47. The van der Waals surface area contributed by atoms with E-state index in [4.69, 9.17) is 14.2 Å². The van der Waals surface area contributed by atoms with Gasteiger partial charge in [-0.05, 0) is 50.2 Å². The van der Waals surface area contributed by atoms with E-state index in [1.807, 2.05) is 13.0 Å². The summed E-state index contributed by atoms with van der Waals surface area (Å²) in [6.45, 7) is 3.24. The standard InChI is InChI=1S/C21H23NO6/c1-3-26-18-11-9-16(10-12-18)19(23)13-28-21(25)15(2)22-20(24)14-27-17-7-5-4-6-8-17/h4-12,15H,3,13-14H2,1-2H3,(H,22,24)/t15-/m0/s1. The molecule has 7 nitrogen and oxygen atoms in total. The number of nitrogens with one attached hydrogen (secondary N) is 1. The molecule has 1 atom stereocenters. The Morgan fingerprint density at radius 1 is 0.893 bits per heavy atom. The van der Waals surface area contributed by atoms with Crippen LogP contribution in [0, 0.1) is 0 Å². The van der Waals surface area contributed by atoms with Gasteiger partial charge in [-0.3, -0.25) is 9.59 Å². The van der Waals surface area contributed by atoms with Gasteiger partial charge in [0, 0.05) is 5.56 Å². The van der Waals surface area contributed by atoms with Gasteiger partial charge in [-0.1, -0.05) is 18.2 Å². The molecule has 0 aromatic heterocycles. The highest BCUT2D eigenvalue weighted by Gasteiger charge is 2.19. The number of hydrogen-bond donors (Lipinski definition) is 1. The molecule has 2 rings (SSSR count). The zero-order chi connectivity index (χ0) is 20.4. The average molecular weight is 385 g/mol. The molecule has 0 saturated carbocycles. The third kappa shape index (κ3) is 6.75. The van der Waals surface area contributed by atoms with Crippen LogP contribution in [0.25, 0.3) is 0 Å². The van der Waals surface area contributed by atoms with Crippen LogP contribution in [0.4, 0.5) is 0 Å². The molecule has 1 amide bonds. The lowest BCUT2D eigenvalue weighted by molar-refractivity contribution is -0.146. The first-order chi connectivity index (χ1) is 13.5. The van der Waals surface area contributed by atoms with Crippen molar-refractivity contribution >= 4 is 17.7 Å². The van der Waals surface area contributed by atoms with Crippen molar-refractivity contribution in [1.29, 1.82) is 0 Å². The van der Waals surface area contributed by atoms with Gasteiger partial charge in [0.2, 0.25) is 0 Å². The Hall–Kier alpha value is -3.35. The molecule has 148 valence electrons. The fraction of sp³-hybridized carbons (Fsp3) is 0.286. The quantitative estimate of drug-likeness (QED) is 0.499. The molecule has 28 heavy (non-hydrogen) atoms. The van der Waals surface area contributed by atoms with Crippen LogP contribution >= 0.6 is 0 Å². The SMILES string of the molecule is CCOc1ccc(C(=O)COC(=O)[C@H](C)NC(=O)COc2ccccc2)cc1. The summed E-state index contributed by atoms with van der Waals surface area (Å²) in [6, 6.07) is 14.5. The van der Waals surface area contributed by atoms with Gasteiger partial charge in [0.1, 0.15) is 17.5 Å². The molecule has 2 aromatic rings. The van der Waals surface area contributed by atoms with Crippen LogP contribution in [0.1, 0.15) is 24.2 Å². The maximum Gasteiger partial charge on any atom is 0.328 e. The number of para-hydroxylation sites is 1. The fourth-order valence-corrected chi connectivity index (χ4v) is 2.26. The first-order valence-electron chi connectivity index (χ1n) is 8.89. The predicted molar refractivity (Wildman–Crippen MR) is 102 cm³/mol. The lowest BCUT2D eigenvalue weighted by Crippen LogP contribution is -2.42. The van der Waals surface area contributed by atoms with Crippen LogP contribution in [0.5, 0.6) is 11.5 Å². The summed E-state index contributed by atoms with van der Waals surface area (Å²) in [4.78, 5) is 35.9. The van der Waals surface area contributed by atoms with Crippen LogP contribution in [0.3, 0.4) is 0 Å². The summed E-state index contributed by atoms with van der Waals surface area (Å²) < 4.78 is 15.6. The molecule has 0 saturated heterocycles. The van der Waals surface area contributed by atoms with Gasteiger partial charge < -0.3 is 19.5 Å². The molecule has 0 unspecified atom stereocenters. The number of ether oxygens (including phenoxy) is 3. The predicted octanol–water partition coefficient (Wildman–Crippen LogP) is 2.39. The van der Waals surface area contributed by atoms with Gasteiger partial charge in [-0.25, -0.2) is 4.79 Å². The average Bonchev–Trinajstić information content (AvgIpc) is 2.71. The van der Waals surface area contributed by atoms with Crippen LogP contribution in [-0.2, 0) is 14.3 Å². The number of esters is 1. The van der Waals surface area contributed by atoms with Crippen molar-refractivity contribution in [1.82, 2.24) is 5.32 Å². The number of rotatable bonds is 10. The Balaban J connectivity index is 1.73. The minimum Gasteiger partial charge on any atom is -0.494 e. The summed E-state index contributed by atoms with van der Waals surface area (Å²) in [6.07, 6.45) is 0. The van der Waals surface area contributed by atoms with Crippen molar-refractivity contribution in [2.45, 2.75) is 19.9 Å². The third-order valence-corrected chi connectivity index (χ3v) is 3.68. The minimum atomic E-state index is -0.903. The molecule has 0 aliphatic heterocycles. The van der Waals surface area contributed by atoms with Gasteiger partial charge in [0.15, 0.2) is 19.0 Å². The largest absolute Gasteiger partial charge is 0.494 e. The van der Waals surface area contributed by atoms with Gasteiger partial charge in [0.05, 0.1) is 6.61 Å². The molecule has 2 aromatic carbocycles. The van der Waals surface area contributed by atoms with Gasteiger partial charge in [0.25, 0.3) is 5.91 Å². The Bertz CT molecular complexity index is 788. The maximum atomic E-state index is 12.1. The summed E-state index contributed by atoms with van der Waals surface area (Å²) in [5.41, 5.74) is 0.407. The summed E-state index contributed by atoms with van der Waals surface area (Å²) in [5.74, 6) is -0.306. The monoisotopic (exact) mass is 385 g/mol. The molecule has 0 bridgehead atoms. The van der Waals surface area contributed by atoms with E-state index in [1.165, 1.54) is 6.92 Å². The van der Waals surface area contributed by atoms with E-state index in [2.05, 4.69) is 5.32 Å². The first-order valence-corrected chi connectivity index (χ1v) is 8.89. The van der Waals surface area contributed by atoms with E-state index < -0.39 is 24.5 Å². The molecule has 0 aliphatic carbocycles. The molecular weight excluding hydrogens is 362 g/mol. The minimum absolute atomic E-state index is 0.229. The number of ketones is 1. The maximum absolute atomic E-state index is 12.1. The zero-order valence-corrected chi connectivity index (χ0v) is 15.8. The van der Waals surface area contributed by atoms with Crippen LogP contribution < -0.4 is 14.8 Å². The molecule has 0 aliphatic rings. The van der Waals surface area contributed by atoms with E-state index in [1.54, 1.807) is 48.5 Å². The van der Waals surface area contributed by atoms with Crippen LogP contribution in [0.2, 0.25) is 0 Å². The Morgan fingerprint density at radius 2 is 1.54 bits per heavy atom. The molecule has 1 N–H and O–H groups in total. The van der Waals surface area contributed by atoms with Crippen molar-refractivity contribution in [2.75, 3.05) is 19.8 Å². The second-order valence-electron chi connectivity index (χ2n) is 5.88. The van der Waals surface area contributed by atoms with E-state index >= 15 is 0 Å². The number of benzene rings is 2. The lowest BCUT2D eigenvalue weighted by atomic mass is 10.1. The molecule has 7 heteroatoms. The van der Waals surface area contributed by atoms with Crippen LogP contribution in [0.15, 0.2) is 54.6 Å². The Labute approximate surface area is 163 Å². The number of amides is 1. The highest BCUT2D eigenvalue weighted by atomic mass is 16.5. The second kappa shape index (κ2) is 10.7. The number of hydrogen-bond acceptors (Lipinski definition) is 6. The van der Waals surface area contributed by atoms with E-state index in [0.717, 1.165) is 0 Å². The van der Waals surface area contributed by atoms with Gasteiger partial charge >= 0.3 is 5.97 Å². The molecular formula is C21H23NO6. The number of carbonyl (C=O) groups is 3. The van der Waals surface area contributed by atoms with Gasteiger partial charge in [-0.2, -0.15) is 0 Å². The Kier molecular flexibility index (Phi) is 8.02. The van der Waals surface area contributed by atoms with Crippen molar-refractivity contribution in [3.8, 4) is 11.5 Å². The van der Waals surface area contributed by atoms with Crippen molar-refractivity contribution in [3.63, 3.8) is 0 Å². The van der Waals surface area contributed by atoms with Crippen molar-refractivity contribution in [3.05, 3.63) is 60.2 Å². The van der Waals surface area contributed by atoms with E-state index in [-0.39, 0.29) is 12.4 Å². The molecule has 0 spiro atoms. The van der Waals surface area contributed by atoms with E-state index in [9.17, 15) is 14.4 Å². The third-order valence-electron chi connectivity index (χ3n) is 3.68. The molecule has 0 fully saturated rings. The fourth-order valence-electron chi connectivity index (χ4n) is 2.26. The normalized spacial score (nSPS) is 11.2. The lowest BCUT2D eigenvalue weighted by Gasteiger charge is -2.13. The summed E-state index contributed by atoms with van der Waals surface area (Å²) in [7, 11) is 0. The highest BCUT2D eigenvalue weighted by Crippen LogP contribution is 2.12. The van der Waals surface area contributed by atoms with Crippen molar-refractivity contribution < 1.29 is 28.6 Å². The van der Waals surface area contributed by atoms with Gasteiger partial charge in [-0.15, -0.1) is 0 Å². The molecule has 0 radical (unpaired) electrons. The topological polar surface area (TPSA) is 90.9 Å². The zero-order valence-electron chi connectivity index (χ0n) is 15.8.